The molecule has 8 nitrogen and oxygen atoms in total. The van der Waals surface area contributed by atoms with Crippen LogP contribution < -0.4 is 15.4 Å². The first-order valence-electron chi connectivity index (χ1n) is 14.6. The molecule has 0 saturated carbocycles. The number of methoxy groups -OCH3 is 1. The average molecular weight is 559 g/mol. The number of nitrogens with zero attached hydrogens (tertiary/aromatic N) is 2. The van der Waals surface area contributed by atoms with Crippen LogP contribution in [0.5, 0.6) is 5.75 Å². The van der Waals surface area contributed by atoms with Crippen molar-refractivity contribution in [3.63, 3.8) is 0 Å². The number of aliphatic hydroxyl groups is 1. The summed E-state index contributed by atoms with van der Waals surface area (Å²) in [5, 5.41) is 16.8. The zero-order valence-corrected chi connectivity index (χ0v) is 23.8. The molecule has 0 spiro atoms. The van der Waals surface area contributed by atoms with Gasteiger partial charge in [0.05, 0.1) is 13.2 Å². The van der Waals surface area contributed by atoms with Gasteiger partial charge in [-0.1, -0.05) is 72.8 Å². The summed E-state index contributed by atoms with van der Waals surface area (Å²) < 4.78 is 11.0. The molecule has 218 valence electrons. The Labute approximate surface area is 243 Å². The van der Waals surface area contributed by atoms with Crippen LogP contribution in [0.15, 0.2) is 84.9 Å². The quantitative estimate of drug-likeness (QED) is 0.333. The number of carbonyl (C=O) groups is 1. The predicted molar refractivity (Wildman–Crippen MR) is 160 cm³/mol. The van der Waals surface area contributed by atoms with E-state index in [0.717, 1.165) is 50.5 Å². The van der Waals surface area contributed by atoms with E-state index in [1.807, 2.05) is 30.3 Å². The third kappa shape index (κ3) is 8.30. The van der Waals surface area contributed by atoms with Gasteiger partial charge >= 0.3 is 6.09 Å². The van der Waals surface area contributed by atoms with Crippen molar-refractivity contribution in [2.24, 2.45) is 0 Å². The molecule has 3 aromatic carbocycles. The molecule has 2 saturated heterocycles. The lowest BCUT2D eigenvalue weighted by atomic mass is 10.0. The zero-order chi connectivity index (χ0) is 28.4. The Hall–Kier alpha value is -3.43. The largest absolute Gasteiger partial charge is 0.497 e. The first-order chi connectivity index (χ1) is 20.1. The van der Waals surface area contributed by atoms with E-state index in [2.05, 4.69) is 75.0 Å². The molecule has 3 N–H and O–H groups in total. The number of hydrogen-bond acceptors (Lipinski definition) is 7. The van der Waals surface area contributed by atoms with Crippen LogP contribution in [-0.4, -0.2) is 85.1 Å². The number of hydrogen-bond donors (Lipinski definition) is 3. The van der Waals surface area contributed by atoms with Crippen molar-refractivity contribution in [1.82, 2.24) is 20.4 Å². The van der Waals surface area contributed by atoms with Gasteiger partial charge in [0.2, 0.25) is 0 Å². The summed E-state index contributed by atoms with van der Waals surface area (Å²) in [6, 6.07) is 29.1. The van der Waals surface area contributed by atoms with Crippen LogP contribution in [0, 0.1) is 0 Å². The van der Waals surface area contributed by atoms with Crippen LogP contribution in [0.25, 0.3) is 0 Å². The van der Waals surface area contributed by atoms with E-state index >= 15 is 0 Å². The average Bonchev–Trinajstić information content (AvgIpc) is 3.33. The van der Waals surface area contributed by atoms with Gasteiger partial charge in [0, 0.05) is 51.9 Å². The second-order valence-electron chi connectivity index (χ2n) is 11.1. The summed E-state index contributed by atoms with van der Waals surface area (Å²) in [6.45, 7) is 5.64. The van der Waals surface area contributed by atoms with Gasteiger partial charge in [-0.15, -0.1) is 0 Å². The van der Waals surface area contributed by atoms with Crippen LogP contribution >= 0.6 is 0 Å². The number of ether oxygens (including phenoxy) is 2. The lowest BCUT2D eigenvalue weighted by Gasteiger charge is -2.41. The molecule has 1 amide bonds. The van der Waals surface area contributed by atoms with Crippen LogP contribution in [-0.2, 0) is 24.2 Å². The fourth-order valence-corrected chi connectivity index (χ4v) is 5.89. The molecule has 0 unspecified atom stereocenters. The maximum Gasteiger partial charge on any atom is 0.407 e. The topological polar surface area (TPSA) is 86.3 Å². The molecule has 2 heterocycles. The fourth-order valence-electron chi connectivity index (χ4n) is 5.89. The minimum absolute atomic E-state index is 0.157. The van der Waals surface area contributed by atoms with E-state index in [0.29, 0.717) is 25.6 Å². The highest BCUT2D eigenvalue weighted by Crippen LogP contribution is 2.21. The van der Waals surface area contributed by atoms with Crippen molar-refractivity contribution in [3.8, 4) is 5.75 Å². The van der Waals surface area contributed by atoms with Crippen LogP contribution in [0.1, 0.15) is 23.1 Å². The van der Waals surface area contributed by atoms with Gasteiger partial charge in [-0.2, -0.15) is 0 Å². The molecule has 3 aromatic rings. The van der Waals surface area contributed by atoms with Crippen molar-refractivity contribution in [2.45, 2.75) is 50.2 Å². The van der Waals surface area contributed by atoms with Crippen molar-refractivity contribution in [3.05, 3.63) is 102 Å². The number of β-amino-alcohol motifs (C(OH)–C–C–N with tert-alkyl or cyclic N) is 1. The van der Waals surface area contributed by atoms with E-state index in [1.54, 1.807) is 7.11 Å². The number of nitrogens with one attached hydrogen (secondary N) is 2. The first-order valence-corrected chi connectivity index (χ1v) is 14.6. The fraction of sp³-hybridized carbons (Fsp3) is 0.424. The molecule has 8 heteroatoms. The second kappa shape index (κ2) is 14.5. The van der Waals surface area contributed by atoms with Gasteiger partial charge in [0.1, 0.15) is 18.0 Å². The SMILES string of the molecule is COc1ccc(C[C@H]2NC[C@H](O)[C@H]2OC(=O)NCC[C@H]2CN(Cc3ccccc3)CCN2Cc2ccccc2)cc1. The Morgan fingerprint density at radius 3 is 2.29 bits per heavy atom. The highest BCUT2D eigenvalue weighted by Gasteiger charge is 2.38. The monoisotopic (exact) mass is 558 g/mol. The maximum atomic E-state index is 12.8. The van der Waals surface area contributed by atoms with Crippen molar-refractivity contribution >= 4 is 6.09 Å². The van der Waals surface area contributed by atoms with Crippen molar-refractivity contribution in [2.75, 3.05) is 39.8 Å². The number of amides is 1. The molecular formula is C33H42N4O4. The van der Waals surface area contributed by atoms with Gasteiger partial charge in [0.15, 0.2) is 0 Å². The standard InChI is InChI=1S/C33H42N4O4/c1-40-29-14-12-25(13-15-29)20-30-32(31(38)21-35-30)41-33(39)34-17-16-28-24-36(22-26-8-4-2-5-9-26)18-19-37(28)23-27-10-6-3-7-11-27/h2-15,28,30-32,35,38H,16-24H2,1H3,(H,34,39)/t28-,30+,31-,32-/m0/s1. The minimum Gasteiger partial charge on any atom is -0.497 e. The van der Waals surface area contributed by atoms with Gasteiger partial charge in [0.25, 0.3) is 0 Å². The molecule has 0 bridgehead atoms. The number of benzene rings is 3. The van der Waals surface area contributed by atoms with Crippen LogP contribution in [0.3, 0.4) is 0 Å². The Balaban J connectivity index is 1.14. The summed E-state index contributed by atoms with van der Waals surface area (Å²) in [5.74, 6) is 0.795. The molecule has 2 aliphatic heterocycles. The van der Waals surface area contributed by atoms with E-state index < -0.39 is 18.3 Å². The highest BCUT2D eigenvalue weighted by molar-refractivity contribution is 5.67. The van der Waals surface area contributed by atoms with Crippen LogP contribution in [0.4, 0.5) is 4.79 Å². The smallest absolute Gasteiger partial charge is 0.407 e. The molecular weight excluding hydrogens is 516 g/mol. The summed E-state index contributed by atoms with van der Waals surface area (Å²) in [6.07, 6.45) is -0.372. The summed E-state index contributed by atoms with van der Waals surface area (Å²) in [7, 11) is 1.64. The maximum absolute atomic E-state index is 12.8. The molecule has 2 aliphatic rings. The number of carbonyl (C=O) groups excluding carboxylic acids is 1. The molecule has 41 heavy (non-hydrogen) atoms. The summed E-state index contributed by atoms with van der Waals surface area (Å²) in [5.41, 5.74) is 3.70. The molecule has 0 aromatic heterocycles. The van der Waals surface area contributed by atoms with Gasteiger partial charge < -0.3 is 25.2 Å². The van der Waals surface area contributed by atoms with E-state index in [4.69, 9.17) is 9.47 Å². The molecule has 2 fully saturated rings. The van der Waals surface area contributed by atoms with Crippen LogP contribution in [0.2, 0.25) is 0 Å². The number of aliphatic hydroxyl groups excluding tert-OH is 1. The lowest BCUT2D eigenvalue weighted by molar-refractivity contribution is 0.0180. The molecule has 5 rings (SSSR count). The predicted octanol–water partition coefficient (Wildman–Crippen LogP) is 3.44. The molecule has 0 radical (unpaired) electrons. The summed E-state index contributed by atoms with van der Waals surface area (Å²) in [4.78, 5) is 17.9. The number of piperazine rings is 1. The third-order valence-electron chi connectivity index (χ3n) is 8.14. The van der Waals surface area contributed by atoms with E-state index in [1.165, 1.54) is 11.1 Å². The Morgan fingerprint density at radius 1 is 0.927 bits per heavy atom. The third-order valence-corrected chi connectivity index (χ3v) is 8.14. The Bertz CT molecular complexity index is 1210. The van der Waals surface area contributed by atoms with Gasteiger partial charge in [-0.25, -0.2) is 4.79 Å². The van der Waals surface area contributed by atoms with Gasteiger partial charge in [-0.3, -0.25) is 9.80 Å². The zero-order valence-electron chi connectivity index (χ0n) is 23.8. The van der Waals surface area contributed by atoms with Gasteiger partial charge in [-0.05, 0) is 41.7 Å². The number of rotatable bonds is 11. The second-order valence-corrected chi connectivity index (χ2v) is 11.1. The Morgan fingerprint density at radius 2 is 1.61 bits per heavy atom. The number of alkyl carbamates (subject to hydrolysis) is 1. The molecule has 4 atom stereocenters. The molecule has 0 aliphatic carbocycles. The van der Waals surface area contributed by atoms with E-state index in [9.17, 15) is 9.90 Å². The first kappa shape index (κ1) is 29.1. The van der Waals surface area contributed by atoms with Crippen molar-refractivity contribution < 1.29 is 19.4 Å². The normalized spacial score (nSPS) is 23.3. The van der Waals surface area contributed by atoms with Crippen molar-refractivity contribution in [1.29, 1.82) is 0 Å². The Kier molecular flexibility index (Phi) is 10.3. The lowest BCUT2D eigenvalue weighted by Crippen LogP contribution is -2.53. The van der Waals surface area contributed by atoms with E-state index in [-0.39, 0.29) is 6.04 Å². The summed E-state index contributed by atoms with van der Waals surface area (Å²) >= 11 is 0. The highest BCUT2D eigenvalue weighted by atomic mass is 16.6. The minimum atomic E-state index is -0.741.